The van der Waals surface area contributed by atoms with Crippen molar-refractivity contribution in [3.05, 3.63) is 0 Å². The Morgan fingerprint density at radius 3 is 2.77 bits per heavy atom. The van der Waals surface area contributed by atoms with E-state index in [9.17, 15) is 4.79 Å². The second kappa shape index (κ2) is 3.11. The third-order valence-corrected chi connectivity index (χ3v) is 9.00. The molecule has 2 aliphatic carbocycles. The monoisotopic (exact) mass is 232 g/mol. The fourth-order valence-corrected chi connectivity index (χ4v) is 9.88. The zero-order chi connectivity index (χ0) is 9.00. The Hall–Kier alpha value is 0.720. The molecule has 1 nitrogen and oxygen atoms in total. The van der Waals surface area contributed by atoms with Gasteiger partial charge in [-0.05, 0) is 41.4 Å². The fourth-order valence-electron chi connectivity index (χ4n) is 3.09. The van der Waals surface area contributed by atoms with E-state index in [1.54, 1.807) is 6.92 Å². The summed E-state index contributed by atoms with van der Waals surface area (Å²) in [6.45, 7) is 1.78. The maximum absolute atomic E-state index is 11.4. The maximum atomic E-state index is 11.4. The summed E-state index contributed by atoms with van der Waals surface area (Å²) in [4.78, 5) is 11.4. The third kappa shape index (κ3) is 1.21. The summed E-state index contributed by atoms with van der Waals surface area (Å²) in [6.07, 6.45) is 2.52. The Morgan fingerprint density at radius 1 is 1.23 bits per heavy atom. The van der Waals surface area contributed by atoms with E-state index in [1.807, 2.05) is 20.6 Å². The quantitative estimate of drug-likeness (QED) is 0.646. The van der Waals surface area contributed by atoms with Crippen molar-refractivity contribution < 1.29 is 4.79 Å². The molecule has 0 radical (unpaired) electrons. The summed E-state index contributed by atoms with van der Waals surface area (Å²) in [7, 11) is 6.03. The van der Waals surface area contributed by atoms with Crippen LogP contribution in [0.25, 0.3) is 0 Å². The lowest BCUT2D eigenvalue weighted by molar-refractivity contribution is -0.122. The van der Waals surface area contributed by atoms with Crippen LogP contribution in [0.15, 0.2) is 0 Å². The van der Waals surface area contributed by atoms with E-state index in [1.165, 1.54) is 12.8 Å². The zero-order valence-electron chi connectivity index (χ0n) is 7.43. The Kier molecular flexibility index (Phi) is 2.15. The molecular weight excluding hydrogens is 220 g/mol. The molecule has 0 aromatic heterocycles. The van der Waals surface area contributed by atoms with Crippen LogP contribution in [0, 0.1) is 17.8 Å². The highest BCUT2D eigenvalue weighted by molar-refractivity contribution is 9.11. The Morgan fingerprint density at radius 2 is 2.00 bits per heavy atom. The minimum Gasteiger partial charge on any atom is -0.300 e. The highest BCUT2D eigenvalue weighted by atomic mass is 33.5. The maximum Gasteiger partial charge on any atom is 0.133 e. The molecule has 1 aliphatic heterocycles. The highest BCUT2D eigenvalue weighted by Crippen LogP contribution is 2.67. The van der Waals surface area contributed by atoms with Crippen molar-refractivity contribution >= 4 is 37.2 Å². The van der Waals surface area contributed by atoms with Crippen LogP contribution in [-0.4, -0.2) is 16.3 Å². The minimum atomic E-state index is 0.415. The van der Waals surface area contributed by atoms with Crippen LogP contribution in [0.1, 0.15) is 19.8 Å². The molecule has 1 heterocycles. The van der Waals surface area contributed by atoms with E-state index < -0.39 is 0 Å². The average Bonchev–Trinajstić information content (AvgIpc) is 2.75. The number of carbonyl (C=O) groups excluding carboxylic acids is 1. The predicted octanol–water partition coefficient (Wildman–Crippen LogP) is 3.01. The smallest absolute Gasteiger partial charge is 0.133 e. The van der Waals surface area contributed by atoms with Crippen molar-refractivity contribution in [2.75, 3.05) is 0 Å². The largest absolute Gasteiger partial charge is 0.300 e. The topological polar surface area (TPSA) is 17.1 Å². The Labute approximate surface area is 90.0 Å². The predicted molar refractivity (Wildman–Crippen MR) is 60.7 cm³/mol. The normalized spacial score (nSPS) is 52.5. The first-order valence-electron chi connectivity index (χ1n) is 4.76. The molecule has 4 heteroatoms. The van der Waals surface area contributed by atoms with E-state index in [0.29, 0.717) is 11.7 Å². The molecule has 2 saturated carbocycles. The molecule has 0 aromatic carbocycles. The van der Waals surface area contributed by atoms with Crippen LogP contribution >= 0.6 is 31.4 Å². The van der Waals surface area contributed by atoms with Gasteiger partial charge in [-0.2, -0.15) is 0 Å². The second-order valence-corrected chi connectivity index (χ2v) is 8.70. The van der Waals surface area contributed by atoms with E-state index in [2.05, 4.69) is 10.8 Å². The van der Waals surface area contributed by atoms with E-state index in [4.69, 9.17) is 0 Å². The molecule has 3 aliphatic rings. The van der Waals surface area contributed by atoms with E-state index in [0.717, 1.165) is 22.3 Å². The molecule has 1 unspecified atom stereocenters. The van der Waals surface area contributed by atoms with Crippen LogP contribution in [0.2, 0.25) is 0 Å². The fraction of sp³-hybridized carbons (Fsp3) is 0.889. The lowest BCUT2D eigenvalue weighted by Crippen LogP contribution is -2.32. The van der Waals surface area contributed by atoms with Crippen LogP contribution in [0.5, 0.6) is 0 Å². The van der Waals surface area contributed by atoms with Crippen LogP contribution in [0.3, 0.4) is 0 Å². The van der Waals surface area contributed by atoms with Gasteiger partial charge in [-0.1, -0.05) is 21.6 Å². The van der Waals surface area contributed by atoms with Crippen molar-refractivity contribution in [3.63, 3.8) is 0 Å². The first-order valence-corrected chi connectivity index (χ1v) is 8.37. The molecule has 0 aromatic rings. The molecular formula is C9H12OS3. The summed E-state index contributed by atoms with van der Waals surface area (Å²) < 4.78 is 0. The van der Waals surface area contributed by atoms with Crippen molar-refractivity contribution in [2.45, 2.75) is 30.3 Å². The summed E-state index contributed by atoms with van der Waals surface area (Å²) in [5.74, 6) is 2.43. The number of Topliss-reactive ketones (excluding diaryl/α,β-unsaturated/α-hetero) is 1. The Bertz CT molecular complexity index is 255. The summed E-state index contributed by atoms with van der Waals surface area (Å²) in [5.41, 5.74) is 0. The molecule has 3 fully saturated rings. The van der Waals surface area contributed by atoms with E-state index >= 15 is 0 Å². The number of hydrogen-bond acceptors (Lipinski definition) is 4. The number of fused-ring (bicyclic) bond motifs is 5. The molecule has 1 saturated heterocycles. The molecule has 3 rings (SSSR count). The van der Waals surface area contributed by atoms with Gasteiger partial charge in [0.15, 0.2) is 0 Å². The van der Waals surface area contributed by atoms with E-state index in [-0.39, 0.29) is 0 Å². The van der Waals surface area contributed by atoms with Gasteiger partial charge in [-0.3, -0.25) is 4.79 Å². The van der Waals surface area contributed by atoms with Gasteiger partial charge in [0, 0.05) is 16.4 Å². The lowest BCUT2D eigenvalue weighted by atomic mass is 9.85. The van der Waals surface area contributed by atoms with Gasteiger partial charge in [0.25, 0.3) is 0 Å². The van der Waals surface area contributed by atoms with Crippen molar-refractivity contribution in [1.82, 2.24) is 0 Å². The van der Waals surface area contributed by atoms with Crippen molar-refractivity contribution in [2.24, 2.45) is 17.8 Å². The summed E-state index contributed by atoms with van der Waals surface area (Å²) in [5, 5.41) is 1.67. The van der Waals surface area contributed by atoms with Crippen molar-refractivity contribution in [3.8, 4) is 0 Å². The standard InChI is InChI=1S/C9H12OS3/c1-4(10)6-2-5-3-7(6)9-8(5)11-13-12-9/h5-9H,2-3H2,1H3/t5-,6?,7-,8+,9-/m0/s1. The van der Waals surface area contributed by atoms with Gasteiger partial charge in [0.05, 0.1) is 0 Å². The number of ketones is 1. The number of carbonyl (C=O) groups is 1. The van der Waals surface area contributed by atoms with Gasteiger partial charge in [0.1, 0.15) is 5.78 Å². The number of hydrogen-bond donors (Lipinski definition) is 0. The first kappa shape index (κ1) is 8.98. The zero-order valence-corrected chi connectivity index (χ0v) is 9.88. The number of rotatable bonds is 1. The Balaban J connectivity index is 1.85. The van der Waals surface area contributed by atoms with Gasteiger partial charge in [0.2, 0.25) is 0 Å². The van der Waals surface area contributed by atoms with Crippen LogP contribution in [-0.2, 0) is 4.79 Å². The third-order valence-electron chi connectivity index (χ3n) is 3.68. The summed E-state index contributed by atoms with van der Waals surface area (Å²) in [6, 6.07) is 0. The SMILES string of the molecule is CC(=O)C1C[C@H]2C[C@@H]1[C@@H]1SSS[C@H]21. The average molecular weight is 232 g/mol. The van der Waals surface area contributed by atoms with Gasteiger partial charge in [-0.15, -0.1) is 0 Å². The van der Waals surface area contributed by atoms with Crippen LogP contribution in [0.4, 0.5) is 0 Å². The molecule has 2 bridgehead atoms. The highest BCUT2D eigenvalue weighted by Gasteiger charge is 2.56. The second-order valence-electron chi connectivity index (χ2n) is 4.30. The lowest BCUT2D eigenvalue weighted by Gasteiger charge is -2.27. The van der Waals surface area contributed by atoms with Gasteiger partial charge in [-0.25, -0.2) is 0 Å². The van der Waals surface area contributed by atoms with Gasteiger partial charge >= 0.3 is 0 Å². The molecule has 13 heavy (non-hydrogen) atoms. The van der Waals surface area contributed by atoms with Crippen molar-refractivity contribution in [1.29, 1.82) is 0 Å². The molecule has 5 atom stereocenters. The molecule has 72 valence electrons. The molecule has 0 N–H and O–H groups in total. The summed E-state index contributed by atoms with van der Waals surface area (Å²) >= 11 is 0. The molecule has 0 amide bonds. The minimum absolute atomic E-state index is 0.415. The molecule has 0 spiro atoms. The first-order chi connectivity index (χ1) is 6.27. The van der Waals surface area contributed by atoms with Crippen LogP contribution < -0.4 is 0 Å². The van der Waals surface area contributed by atoms with Gasteiger partial charge < -0.3 is 0 Å².